The fraction of sp³-hybridized carbons (Fsp3) is 0.385. The molecule has 0 fully saturated rings. The Balaban J connectivity index is 3.08. The summed E-state index contributed by atoms with van der Waals surface area (Å²) < 4.78 is 4.92. The van der Waals surface area contributed by atoms with E-state index in [4.69, 9.17) is 4.74 Å². The van der Waals surface area contributed by atoms with E-state index in [1.807, 2.05) is 13.2 Å². The first-order valence-electron chi connectivity index (χ1n) is 5.52. The van der Waals surface area contributed by atoms with Gasteiger partial charge in [-0.05, 0) is 31.4 Å². The molecule has 0 radical (unpaired) electrons. The number of benzene rings is 1. The lowest BCUT2D eigenvalue weighted by molar-refractivity contribution is 0.0525. The summed E-state index contributed by atoms with van der Waals surface area (Å²) in [6.45, 7) is 3.94. The predicted molar refractivity (Wildman–Crippen MR) is 68.8 cm³/mol. The molecule has 1 aromatic rings. The highest BCUT2D eigenvalue weighted by Gasteiger charge is 2.13. The minimum absolute atomic E-state index is 0.0877. The molecule has 0 atom stereocenters. The molecule has 1 rings (SSSR count). The molecule has 0 heterocycles. The van der Waals surface area contributed by atoms with Crippen molar-refractivity contribution in [2.45, 2.75) is 25.2 Å². The molecule has 0 spiro atoms. The predicted octanol–water partition coefficient (Wildman–Crippen LogP) is 3.18. The highest BCUT2D eigenvalue weighted by Crippen LogP contribution is 2.23. The van der Waals surface area contributed by atoms with E-state index < -0.39 is 0 Å². The van der Waals surface area contributed by atoms with Crippen LogP contribution in [0.15, 0.2) is 23.1 Å². The normalized spacial score (nSPS) is 10.1. The van der Waals surface area contributed by atoms with Crippen molar-refractivity contribution >= 4 is 23.5 Å². The topological polar surface area (TPSA) is 43.4 Å². The van der Waals surface area contributed by atoms with E-state index in [2.05, 4.69) is 0 Å². The average Bonchev–Trinajstić information content (AvgIpc) is 2.37. The number of thioether (sulfide) groups is 1. The lowest BCUT2D eigenvalue weighted by Crippen LogP contribution is -2.06. The Bertz CT molecular complexity index is 427. The molecule has 1 aromatic carbocycles. The molecule has 0 aliphatic carbocycles. The molecule has 0 saturated carbocycles. The maximum Gasteiger partial charge on any atom is 0.338 e. The van der Waals surface area contributed by atoms with Crippen molar-refractivity contribution in [2.75, 3.05) is 12.9 Å². The van der Waals surface area contributed by atoms with Gasteiger partial charge in [0, 0.05) is 16.9 Å². The zero-order valence-electron chi connectivity index (χ0n) is 10.3. The number of carbonyl (C=O) groups excluding carboxylic acids is 2. The third kappa shape index (κ3) is 3.33. The second-order valence-corrected chi connectivity index (χ2v) is 4.26. The fourth-order valence-electron chi connectivity index (χ4n) is 1.45. The summed E-state index contributed by atoms with van der Waals surface area (Å²) in [6.07, 6.45) is 2.35. The molecule has 0 N–H and O–H groups in total. The summed E-state index contributed by atoms with van der Waals surface area (Å²) >= 11 is 1.46. The smallest absolute Gasteiger partial charge is 0.338 e. The third-order valence-corrected chi connectivity index (χ3v) is 3.11. The summed E-state index contributed by atoms with van der Waals surface area (Å²) in [4.78, 5) is 24.0. The Morgan fingerprint density at radius 2 is 2.00 bits per heavy atom. The number of esters is 1. The van der Waals surface area contributed by atoms with Crippen LogP contribution in [0.4, 0.5) is 0 Å². The van der Waals surface area contributed by atoms with Gasteiger partial charge in [-0.3, -0.25) is 4.79 Å². The fourth-order valence-corrected chi connectivity index (χ4v) is 2.10. The van der Waals surface area contributed by atoms with Crippen molar-refractivity contribution in [3.8, 4) is 0 Å². The molecular formula is C13H16O3S. The van der Waals surface area contributed by atoms with Crippen LogP contribution in [0.5, 0.6) is 0 Å². The minimum Gasteiger partial charge on any atom is -0.462 e. The van der Waals surface area contributed by atoms with Gasteiger partial charge in [-0.25, -0.2) is 4.79 Å². The van der Waals surface area contributed by atoms with E-state index in [1.165, 1.54) is 11.8 Å². The summed E-state index contributed by atoms with van der Waals surface area (Å²) in [5.74, 6) is -0.261. The van der Waals surface area contributed by atoms with Crippen molar-refractivity contribution < 1.29 is 14.3 Å². The number of carbonyl (C=O) groups is 2. The van der Waals surface area contributed by atoms with Gasteiger partial charge in [0.25, 0.3) is 0 Å². The first-order valence-corrected chi connectivity index (χ1v) is 6.74. The third-order valence-electron chi connectivity index (χ3n) is 2.33. The largest absolute Gasteiger partial charge is 0.462 e. The molecule has 0 aliphatic heterocycles. The summed E-state index contributed by atoms with van der Waals surface area (Å²) in [7, 11) is 0. The molecule has 4 heteroatoms. The SMILES string of the molecule is CCOC(=O)c1ccc(C(=O)CC)c(SC)c1. The molecule has 0 unspecified atom stereocenters. The molecule has 0 bridgehead atoms. The second kappa shape index (κ2) is 6.45. The maximum absolute atomic E-state index is 11.7. The summed E-state index contributed by atoms with van der Waals surface area (Å²) in [5.41, 5.74) is 1.16. The van der Waals surface area contributed by atoms with E-state index in [1.54, 1.807) is 25.1 Å². The Labute approximate surface area is 106 Å². The molecule has 0 aromatic heterocycles. The standard InChI is InChI=1S/C13H16O3S/c1-4-11(14)10-7-6-9(8-12(10)17-3)13(15)16-5-2/h6-8H,4-5H2,1-3H3. The average molecular weight is 252 g/mol. The Morgan fingerprint density at radius 3 is 2.53 bits per heavy atom. The van der Waals surface area contributed by atoms with Gasteiger partial charge in [-0.15, -0.1) is 11.8 Å². The Morgan fingerprint density at radius 1 is 1.29 bits per heavy atom. The first kappa shape index (κ1) is 13.8. The monoisotopic (exact) mass is 252 g/mol. The summed E-state index contributed by atoms with van der Waals surface area (Å²) in [6, 6.07) is 5.05. The van der Waals surface area contributed by atoms with E-state index in [0.717, 1.165) is 4.90 Å². The van der Waals surface area contributed by atoms with E-state index in [-0.39, 0.29) is 11.8 Å². The van der Waals surface area contributed by atoms with Crippen LogP contribution in [0, 0.1) is 0 Å². The molecule has 17 heavy (non-hydrogen) atoms. The van der Waals surface area contributed by atoms with Gasteiger partial charge in [0.05, 0.1) is 12.2 Å². The van der Waals surface area contributed by atoms with Crippen molar-refractivity contribution in [1.29, 1.82) is 0 Å². The zero-order valence-corrected chi connectivity index (χ0v) is 11.1. The number of hydrogen-bond donors (Lipinski definition) is 0. The quantitative estimate of drug-likeness (QED) is 0.458. The van der Waals surface area contributed by atoms with Crippen molar-refractivity contribution in [3.63, 3.8) is 0 Å². The lowest BCUT2D eigenvalue weighted by Gasteiger charge is -2.08. The molecular weight excluding hydrogens is 236 g/mol. The van der Waals surface area contributed by atoms with E-state index >= 15 is 0 Å². The Kier molecular flexibility index (Phi) is 5.22. The van der Waals surface area contributed by atoms with Crippen LogP contribution in [0.25, 0.3) is 0 Å². The van der Waals surface area contributed by atoms with Gasteiger partial charge < -0.3 is 4.74 Å². The van der Waals surface area contributed by atoms with Crippen molar-refractivity contribution in [2.24, 2.45) is 0 Å². The van der Waals surface area contributed by atoms with E-state index in [9.17, 15) is 9.59 Å². The van der Waals surface area contributed by atoms with Crippen LogP contribution in [-0.2, 0) is 4.74 Å². The maximum atomic E-state index is 11.7. The van der Waals surface area contributed by atoms with Gasteiger partial charge >= 0.3 is 5.97 Å². The summed E-state index contributed by atoms with van der Waals surface area (Å²) in [5, 5.41) is 0. The number of ether oxygens (including phenoxy) is 1. The Hall–Kier alpha value is -1.29. The number of rotatable bonds is 5. The van der Waals surface area contributed by atoms with Crippen molar-refractivity contribution in [1.82, 2.24) is 0 Å². The number of ketones is 1. The van der Waals surface area contributed by atoms with Crippen LogP contribution in [0.2, 0.25) is 0 Å². The number of hydrogen-bond acceptors (Lipinski definition) is 4. The van der Waals surface area contributed by atoms with Crippen LogP contribution in [-0.4, -0.2) is 24.6 Å². The van der Waals surface area contributed by atoms with E-state index in [0.29, 0.717) is 24.2 Å². The highest BCUT2D eigenvalue weighted by molar-refractivity contribution is 7.98. The zero-order chi connectivity index (χ0) is 12.8. The minimum atomic E-state index is -0.349. The van der Waals surface area contributed by atoms with Crippen LogP contribution < -0.4 is 0 Å². The van der Waals surface area contributed by atoms with Crippen molar-refractivity contribution in [3.05, 3.63) is 29.3 Å². The van der Waals surface area contributed by atoms with Gasteiger partial charge in [-0.2, -0.15) is 0 Å². The highest BCUT2D eigenvalue weighted by atomic mass is 32.2. The molecule has 3 nitrogen and oxygen atoms in total. The second-order valence-electron chi connectivity index (χ2n) is 3.41. The molecule has 92 valence electrons. The first-order chi connectivity index (χ1) is 8.13. The van der Waals surface area contributed by atoms with Gasteiger partial charge in [0.2, 0.25) is 0 Å². The van der Waals surface area contributed by atoms with Crippen LogP contribution >= 0.6 is 11.8 Å². The van der Waals surface area contributed by atoms with Crippen LogP contribution in [0.1, 0.15) is 41.0 Å². The van der Waals surface area contributed by atoms with Crippen LogP contribution in [0.3, 0.4) is 0 Å². The molecule has 0 amide bonds. The molecule has 0 aliphatic rings. The van der Waals surface area contributed by atoms with Gasteiger partial charge in [0.1, 0.15) is 0 Å². The van der Waals surface area contributed by atoms with Gasteiger partial charge in [0.15, 0.2) is 5.78 Å². The van der Waals surface area contributed by atoms with Gasteiger partial charge in [-0.1, -0.05) is 6.92 Å². The molecule has 0 saturated heterocycles. The number of Topliss-reactive ketones (excluding diaryl/α,β-unsaturated/α-hetero) is 1. The lowest BCUT2D eigenvalue weighted by atomic mass is 10.1.